The molecule has 0 bridgehead atoms. The van der Waals surface area contributed by atoms with E-state index in [4.69, 9.17) is 4.74 Å². The average Bonchev–Trinajstić information content (AvgIpc) is 2.27. The van der Waals surface area contributed by atoms with Crippen molar-refractivity contribution in [2.24, 2.45) is 0 Å². The standard InChI is InChI=1S/C12H9IO2/c1-15-12-10(7-14)9-5-3-2-4-8(9)6-11(12)13/h2-7H,1H3. The summed E-state index contributed by atoms with van der Waals surface area (Å²) in [5, 5.41) is 1.99. The maximum atomic E-state index is 11.1. The Bertz CT molecular complexity index is 520. The van der Waals surface area contributed by atoms with Gasteiger partial charge in [0.2, 0.25) is 0 Å². The Hall–Kier alpha value is -1.10. The first kappa shape index (κ1) is 10.4. The highest BCUT2D eigenvalue weighted by Gasteiger charge is 2.11. The molecule has 2 rings (SSSR count). The topological polar surface area (TPSA) is 26.3 Å². The fourth-order valence-electron chi connectivity index (χ4n) is 1.65. The Labute approximate surface area is 101 Å². The predicted octanol–water partition coefficient (Wildman–Crippen LogP) is 3.27. The van der Waals surface area contributed by atoms with Gasteiger partial charge in [-0.15, -0.1) is 0 Å². The summed E-state index contributed by atoms with van der Waals surface area (Å²) in [4.78, 5) is 11.1. The van der Waals surface area contributed by atoms with Crippen molar-refractivity contribution in [3.8, 4) is 5.75 Å². The van der Waals surface area contributed by atoms with E-state index in [0.717, 1.165) is 20.6 Å². The minimum Gasteiger partial charge on any atom is -0.495 e. The van der Waals surface area contributed by atoms with E-state index in [2.05, 4.69) is 22.6 Å². The van der Waals surface area contributed by atoms with Gasteiger partial charge in [0.15, 0.2) is 6.29 Å². The van der Waals surface area contributed by atoms with Crippen LogP contribution >= 0.6 is 22.6 Å². The minimum absolute atomic E-state index is 0.625. The van der Waals surface area contributed by atoms with Gasteiger partial charge < -0.3 is 4.74 Å². The van der Waals surface area contributed by atoms with Gasteiger partial charge in [-0.1, -0.05) is 24.3 Å². The summed E-state index contributed by atoms with van der Waals surface area (Å²) < 4.78 is 6.19. The lowest BCUT2D eigenvalue weighted by atomic mass is 10.0. The molecule has 0 atom stereocenters. The Balaban J connectivity index is 2.90. The van der Waals surface area contributed by atoms with Crippen LogP contribution in [0, 0.1) is 3.57 Å². The second kappa shape index (κ2) is 4.18. The summed E-state index contributed by atoms with van der Waals surface area (Å²) in [6, 6.07) is 9.81. The predicted molar refractivity (Wildman–Crippen MR) is 68.6 cm³/mol. The smallest absolute Gasteiger partial charge is 0.154 e. The van der Waals surface area contributed by atoms with E-state index in [1.807, 2.05) is 30.3 Å². The number of hydrogen-bond donors (Lipinski definition) is 0. The Morgan fingerprint density at radius 1 is 1.33 bits per heavy atom. The van der Waals surface area contributed by atoms with Crippen LogP contribution in [0.1, 0.15) is 10.4 Å². The molecule has 2 nitrogen and oxygen atoms in total. The number of carbonyl (C=O) groups excluding carboxylic acids is 1. The largest absolute Gasteiger partial charge is 0.495 e. The molecule has 2 aromatic carbocycles. The number of aldehydes is 1. The van der Waals surface area contributed by atoms with Crippen LogP contribution in [-0.4, -0.2) is 13.4 Å². The molecule has 0 fully saturated rings. The van der Waals surface area contributed by atoms with Crippen LogP contribution in [0.5, 0.6) is 5.75 Å². The summed E-state index contributed by atoms with van der Waals surface area (Å²) in [5.74, 6) is 0.657. The first-order valence-electron chi connectivity index (χ1n) is 4.48. The highest BCUT2D eigenvalue weighted by molar-refractivity contribution is 14.1. The van der Waals surface area contributed by atoms with Gasteiger partial charge in [0.05, 0.1) is 16.2 Å². The molecule has 0 radical (unpaired) electrons. The third-order valence-corrected chi connectivity index (χ3v) is 3.12. The summed E-state index contributed by atoms with van der Waals surface area (Å²) >= 11 is 2.17. The van der Waals surface area contributed by atoms with Crippen LogP contribution in [0.15, 0.2) is 30.3 Å². The molecule has 0 saturated heterocycles. The first-order valence-corrected chi connectivity index (χ1v) is 5.56. The maximum absolute atomic E-state index is 11.1. The zero-order valence-electron chi connectivity index (χ0n) is 8.16. The van der Waals surface area contributed by atoms with Crippen molar-refractivity contribution >= 4 is 39.6 Å². The van der Waals surface area contributed by atoms with Gasteiger partial charge in [-0.25, -0.2) is 0 Å². The molecule has 0 aliphatic carbocycles. The second-order valence-corrected chi connectivity index (χ2v) is 4.31. The minimum atomic E-state index is 0.625. The fourth-order valence-corrected chi connectivity index (χ4v) is 2.49. The van der Waals surface area contributed by atoms with Gasteiger partial charge in [0.25, 0.3) is 0 Å². The molecular formula is C12H9IO2. The summed E-state index contributed by atoms with van der Waals surface area (Å²) in [6.45, 7) is 0. The lowest BCUT2D eigenvalue weighted by molar-refractivity contribution is 0.112. The van der Waals surface area contributed by atoms with E-state index < -0.39 is 0 Å². The normalized spacial score (nSPS) is 10.3. The van der Waals surface area contributed by atoms with E-state index in [-0.39, 0.29) is 0 Å². The molecule has 2 aromatic rings. The van der Waals surface area contributed by atoms with Crippen LogP contribution in [0.4, 0.5) is 0 Å². The van der Waals surface area contributed by atoms with Crippen LogP contribution < -0.4 is 4.74 Å². The van der Waals surface area contributed by atoms with Crippen molar-refractivity contribution in [2.45, 2.75) is 0 Å². The van der Waals surface area contributed by atoms with Crippen LogP contribution in [0.3, 0.4) is 0 Å². The lowest BCUT2D eigenvalue weighted by Gasteiger charge is -2.09. The number of methoxy groups -OCH3 is 1. The third kappa shape index (κ3) is 1.71. The lowest BCUT2D eigenvalue weighted by Crippen LogP contribution is -1.95. The summed E-state index contributed by atoms with van der Waals surface area (Å²) in [6.07, 6.45) is 0.851. The third-order valence-electron chi connectivity index (χ3n) is 2.32. The van der Waals surface area contributed by atoms with E-state index >= 15 is 0 Å². The number of benzene rings is 2. The molecule has 3 heteroatoms. The fraction of sp³-hybridized carbons (Fsp3) is 0.0833. The van der Waals surface area contributed by atoms with Crippen LogP contribution in [0.25, 0.3) is 10.8 Å². The van der Waals surface area contributed by atoms with E-state index in [9.17, 15) is 4.79 Å². The van der Waals surface area contributed by atoms with Crippen molar-refractivity contribution in [2.75, 3.05) is 7.11 Å². The van der Waals surface area contributed by atoms with Crippen LogP contribution in [0.2, 0.25) is 0 Å². The van der Waals surface area contributed by atoms with Gasteiger partial charge >= 0.3 is 0 Å². The molecule has 0 N–H and O–H groups in total. The Kier molecular flexibility index (Phi) is 2.90. The van der Waals surface area contributed by atoms with E-state index in [0.29, 0.717) is 11.3 Å². The summed E-state index contributed by atoms with van der Waals surface area (Å²) in [5.41, 5.74) is 0.625. The maximum Gasteiger partial charge on any atom is 0.154 e. The van der Waals surface area contributed by atoms with Gasteiger partial charge in [-0.3, -0.25) is 4.79 Å². The van der Waals surface area contributed by atoms with E-state index in [1.165, 1.54) is 0 Å². The van der Waals surface area contributed by atoms with Crippen molar-refractivity contribution in [1.82, 2.24) is 0 Å². The monoisotopic (exact) mass is 312 g/mol. The number of rotatable bonds is 2. The number of hydrogen-bond acceptors (Lipinski definition) is 2. The van der Waals surface area contributed by atoms with E-state index in [1.54, 1.807) is 7.11 Å². The average molecular weight is 312 g/mol. The number of halogens is 1. The molecule has 15 heavy (non-hydrogen) atoms. The molecule has 76 valence electrons. The van der Waals surface area contributed by atoms with Crippen molar-refractivity contribution in [3.05, 3.63) is 39.5 Å². The Morgan fingerprint density at radius 2 is 2.07 bits per heavy atom. The van der Waals surface area contributed by atoms with Gasteiger partial charge in [0.1, 0.15) is 5.75 Å². The molecule has 0 aromatic heterocycles. The number of carbonyl (C=O) groups is 1. The zero-order chi connectivity index (χ0) is 10.8. The highest BCUT2D eigenvalue weighted by Crippen LogP contribution is 2.31. The molecule has 0 heterocycles. The van der Waals surface area contributed by atoms with Crippen molar-refractivity contribution in [3.63, 3.8) is 0 Å². The molecule has 0 amide bonds. The van der Waals surface area contributed by atoms with Crippen molar-refractivity contribution in [1.29, 1.82) is 0 Å². The van der Waals surface area contributed by atoms with Gasteiger partial charge in [-0.05, 0) is 39.4 Å². The summed E-state index contributed by atoms with van der Waals surface area (Å²) in [7, 11) is 1.58. The number of ether oxygens (including phenoxy) is 1. The number of fused-ring (bicyclic) bond motifs is 1. The molecule has 0 aliphatic heterocycles. The van der Waals surface area contributed by atoms with Gasteiger partial charge in [-0.2, -0.15) is 0 Å². The molecule has 0 unspecified atom stereocenters. The SMILES string of the molecule is COc1c(I)cc2ccccc2c1C=O. The Morgan fingerprint density at radius 3 is 2.73 bits per heavy atom. The molecular weight excluding hydrogens is 303 g/mol. The molecule has 0 saturated carbocycles. The van der Waals surface area contributed by atoms with Crippen LogP contribution in [-0.2, 0) is 0 Å². The van der Waals surface area contributed by atoms with Gasteiger partial charge in [0, 0.05) is 0 Å². The zero-order valence-corrected chi connectivity index (χ0v) is 10.3. The molecule has 0 spiro atoms. The second-order valence-electron chi connectivity index (χ2n) is 3.14. The first-order chi connectivity index (χ1) is 7.27. The quantitative estimate of drug-likeness (QED) is 0.628. The van der Waals surface area contributed by atoms with Crippen molar-refractivity contribution < 1.29 is 9.53 Å². The molecule has 0 aliphatic rings. The highest BCUT2D eigenvalue weighted by atomic mass is 127.